The molecule has 2 aliphatic rings. The summed E-state index contributed by atoms with van der Waals surface area (Å²) >= 11 is 0. The molecule has 1 fully saturated rings. The Bertz CT molecular complexity index is 824. The molecule has 1 N–H and O–H groups in total. The number of rotatable bonds is 6. The van der Waals surface area contributed by atoms with Crippen molar-refractivity contribution in [2.75, 3.05) is 42.9 Å². The summed E-state index contributed by atoms with van der Waals surface area (Å²) in [6.45, 7) is 4.09. The molecule has 1 aromatic carbocycles. The molecule has 0 radical (unpaired) electrons. The second-order valence-electron chi connectivity index (χ2n) is 7.83. The van der Waals surface area contributed by atoms with Gasteiger partial charge in [-0.15, -0.1) is 0 Å². The number of nitrogens with one attached hydrogen (secondary N) is 1. The van der Waals surface area contributed by atoms with E-state index in [0.29, 0.717) is 5.56 Å². The molecule has 0 spiro atoms. The highest BCUT2D eigenvalue weighted by Crippen LogP contribution is 2.20. The Morgan fingerprint density at radius 2 is 1.83 bits per heavy atom. The number of carbonyl (C=O) groups excluding carboxylic acids is 1. The lowest BCUT2D eigenvalue weighted by Gasteiger charge is -2.36. The molecule has 1 saturated heterocycles. The number of benzene rings is 1. The first-order chi connectivity index (χ1) is 14.3. The largest absolute Gasteiger partial charge is 0.370 e. The van der Waals surface area contributed by atoms with Crippen LogP contribution in [0.15, 0.2) is 60.3 Å². The van der Waals surface area contributed by atoms with E-state index in [1.54, 1.807) is 11.8 Å². The molecule has 2 aromatic rings. The van der Waals surface area contributed by atoms with E-state index in [-0.39, 0.29) is 5.91 Å². The standard InChI is InChI=1S/C24H30N4O/c29-24(28-17-15-27(16-18-28)22-9-5-2-6-10-22)21-11-12-23(26-19-21)25-14-13-20-7-3-1-4-8-20/h2,5-7,9-12,19H,1,3-4,8,13-18H2,(H,25,26). The highest BCUT2D eigenvalue weighted by molar-refractivity contribution is 5.94. The van der Waals surface area contributed by atoms with Gasteiger partial charge in [0.25, 0.3) is 5.91 Å². The maximum atomic E-state index is 12.8. The van der Waals surface area contributed by atoms with Crippen molar-refractivity contribution in [3.05, 3.63) is 65.9 Å². The first kappa shape index (κ1) is 19.5. The maximum absolute atomic E-state index is 12.8. The van der Waals surface area contributed by atoms with Gasteiger partial charge in [0.15, 0.2) is 0 Å². The van der Waals surface area contributed by atoms with Crippen molar-refractivity contribution < 1.29 is 4.79 Å². The summed E-state index contributed by atoms with van der Waals surface area (Å²) < 4.78 is 0. The molecule has 0 saturated carbocycles. The van der Waals surface area contributed by atoms with Gasteiger partial charge in [0, 0.05) is 44.6 Å². The van der Waals surface area contributed by atoms with Crippen molar-refractivity contribution in [2.24, 2.45) is 0 Å². The molecule has 1 aromatic heterocycles. The van der Waals surface area contributed by atoms with Gasteiger partial charge in [0.05, 0.1) is 5.56 Å². The van der Waals surface area contributed by atoms with Crippen LogP contribution in [-0.2, 0) is 0 Å². The number of pyridine rings is 1. The van der Waals surface area contributed by atoms with Crippen molar-refractivity contribution in [1.82, 2.24) is 9.88 Å². The molecule has 1 aliphatic carbocycles. The van der Waals surface area contributed by atoms with Crippen LogP contribution in [0.25, 0.3) is 0 Å². The lowest BCUT2D eigenvalue weighted by Crippen LogP contribution is -2.48. The van der Waals surface area contributed by atoms with Gasteiger partial charge in [-0.1, -0.05) is 29.8 Å². The van der Waals surface area contributed by atoms with Crippen molar-refractivity contribution >= 4 is 17.4 Å². The topological polar surface area (TPSA) is 48.5 Å². The molecule has 152 valence electrons. The zero-order valence-corrected chi connectivity index (χ0v) is 17.0. The summed E-state index contributed by atoms with van der Waals surface area (Å²) in [7, 11) is 0. The van der Waals surface area contributed by atoms with E-state index in [1.165, 1.54) is 31.4 Å². The van der Waals surface area contributed by atoms with Gasteiger partial charge in [-0.2, -0.15) is 0 Å². The van der Waals surface area contributed by atoms with Crippen molar-refractivity contribution in [2.45, 2.75) is 32.1 Å². The van der Waals surface area contributed by atoms with Gasteiger partial charge < -0.3 is 15.1 Å². The van der Waals surface area contributed by atoms with Crippen LogP contribution in [0.4, 0.5) is 11.5 Å². The predicted octanol–water partition coefficient (Wildman–Crippen LogP) is 4.35. The summed E-state index contributed by atoms with van der Waals surface area (Å²) in [5.74, 6) is 0.913. The normalized spacial score (nSPS) is 17.0. The van der Waals surface area contributed by atoms with E-state index in [4.69, 9.17) is 0 Å². The summed E-state index contributed by atoms with van der Waals surface area (Å²) in [5.41, 5.74) is 3.45. The average Bonchev–Trinajstić information content (AvgIpc) is 2.80. The van der Waals surface area contributed by atoms with E-state index < -0.39 is 0 Å². The third-order valence-electron chi connectivity index (χ3n) is 5.84. The average molecular weight is 391 g/mol. The lowest BCUT2D eigenvalue weighted by molar-refractivity contribution is 0.0746. The minimum absolute atomic E-state index is 0.0733. The first-order valence-electron chi connectivity index (χ1n) is 10.8. The van der Waals surface area contributed by atoms with Crippen molar-refractivity contribution in [3.8, 4) is 0 Å². The van der Waals surface area contributed by atoms with Crippen LogP contribution in [0.2, 0.25) is 0 Å². The fraction of sp³-hybridized carbons (Fsp3) is 0.417. The quantitative estimate of drug-likeness (QED) is 0.745. The Kier molecular flexibility index (Phi) is 6.45. The summed E-state index contributed by atoms with van der Waals surface area (Å²) in [5, 5.41) is 3.38. The summed E-state index contributed by atoms with van der Waals surface area (Å²) in [6.07, 6.45) is 10.3. The molecule has 0 atom stereocenters. The number of piperazine rings is 1. The number of hydrogen-bond donors (Lipinski definition) is 1. The second kappa shape index (κ2) is 9.59. The molecule has 5 nitrogen and oxygen atoms in total. The van der Waals surface area contributed by atoms with Crippen LogP contribution < -0.4 is 10.2 Å². The Morgan fingerprint density at radius 1 is 1.00 bits per heavy atom. The monoisotopic (exact) mass is 390 g/mol. The van der Waals surface area contributed by atoms with Gasteiger partial charge in [0.2, 0.25) is 0 Å². The molecule has 1 amide bonds. The predicted molar refractivity (Wildman–Crippen MR) is 118 cm³/mol. The third-order valence-corrected chi connectivity index (χ3v) is 5.84. The fourth-order valence-corrected chi connectivity index (χ4v) is 4.10. The fourth-order valence-electron chi connectivity index (χ4n) is 4.10. The second-order valence-corrected chi connectivity index (χ2v) is 7.83. The molecule has 4 rings (SSSR count). The number of amides is 1. The van der Waals surface area contributed by atoms with Crippen molar-refractivity contribution in [1.29, 1.82) is 0 Å². The molecule has 5 heteroatoms. The van der Waals surface area contributed by atoms with E-state index in [1.807, 2.05) is 23.1 Å². The SMILES string of the molecule is O=C(c1ccc(NCCC2=CCCCC2)nc1)N1CCN(c2ccccc2)CC1. The highest BCUT2D eigenvalue weighted by atomic mass is 16.2. The molecule has 29 heavy (non-hydrogen) atoms. The van der Waals surface area contributed by atoms with E-state index >= 15 is 0 Å². The van der Waals surface area contributed by atoms with Gasteiger partial charge >= 0.3 is 0 Å². The minimum Gasteiger partial charge on any atom is -0.370 e. The summed E-state index contributed by atoms with van der Waals surface area (Å²) in [4.78, 5) is 21.5. The first-order valence-corrected chi connectivity index (χ1v) is 10.8. The van der Waals surface area contributed by atoms with Crippen LogP contribution in [-0.4, -0.2) is 48.5 Å². The number of hydrogen-bond acceptors (Lipinski definition) is 4. The Balaban J connectivity index is 1.25. The number of nitrogens with zero attached hydrogens (tertiary/aromatic N) is 3. The molecule has 2 heterocycles. The Hall–Kier alpha value is -2.82. The zero-order valence-electron chi connectivity index (χ0n) is 17.0. The minimum atomic E-state index is 0.0733. The van der Waals surface area contributed by atoms with Crippen LogP contribution in [0, 0.1) is 0 Å². The third kappa shape index (κ3) is 5.17. The molecule has 0 unspecified atom stereocenters. The zero-order chi connectivity index (χ0) is 19.9. The highest BCUT2D eigenvalue weighted by Gasteiger charge is 2.22. The van der Waals surface area contributed by atoms with Crippen molar-refractivity contribution in [3.63, 3.8) is 0 Å². The Morgan fingerprint density at radius 3 is 2.52 bits per heavy atom. The smallest absolute Gasteiger partial charge is 0.255 e. The lowest BCUT2D eigenvalue weighted by atomic mass is 9.97. The van der Waals surface area contributed by atoms with E-state index in [2.05, 4.69) is 45.5 Å². The van der Waals surface area contributed by atoms with Gasteiger partial charge in [-0.25, -0.2) is 4.98 Å². The number of allylic oxidation sites excluding steroid dienone is 1. The number of para-hydroxylation sites is 1. The van der Waals surface area contributed by atoms with Crippen LogP contribution in [0.5, 0.6) is 0 Å². The van der Waals surface area contributed by atoms with Crippen LogP contribution in [0.3, 0.4) is 0 Å². The molecule has 1 aliphatic heterocycles. The summed E-state index contributed by atoms with van der Waals surface area (Å²) in [6, 6.07) is 14.2. The number of anilines is 2. The van der Waals surface area contributed by atoms with E-state index in [0.717, 1.165) is 45.0 Å². The maximum Gasteiger partial charge on any atom is 0.255 e. The molecular weight excluding hydrogens is 360 g/mol. The van der Waals surface area contributed by atoms with Gasteiger partial charge in [-0.3, -0.25) is 4.79 Å². The number of carbonyl (C=O) groups is 1. The molecular formula is C24H30N4O. The molecule has 0 bridgehead atoms. The van der Waals surface area contributed by atoms with Gasteiger partial charge in [-0.05, 0) is 56.4 Å². The van der Waals surface area contributed by atoms with Crippen LogP contribution >= 0.6 is 0 Å². The van der Waals surface area contributed by atoms with Gasteiger partial charge in [0.1, 0.15) is 5.82 Å². The van der Waals surface area contributed by atoms with E-state index in [9.17, 15) is 4.79 Å². The Labute approximate surface area is 173 Å². The number of aromatic nitrogens is 1. The van der Waals surface area contributed by atoms with Crippen LogP contribution in [0.1, 0.15) is 42.5 Å².